The summed E-state index contributed by atoms with van der Waals surface area (Å²) >= 11 is 0. The van der Waals surface area contributed by atoms with Crippen molar-refractivity contribution >= 4 is 5.69 Å². The van der Waals surface area contributed by atoms with Gasteiger partial charge in [-0.1, -0.05) is 79.7 Å². The summed E-state index contributed by atoms with van der Waals surface area (Å²) < 4.78 is 0. The van der Waals surface area contributed by atoms with Crippen molar-refractivity contribution in [3.63, 3.8) is 0 Å². The first-order chi connectivity index (χ1) is 12.3. The molecular formula is C23H26N2. The highest BCUT2D eigenvalue weighted by atomic mass is 15.1. The van der Waals surface area contributed by atoms with E-state index in [0.29, 0.717) is 12.5 Å². The Labute approximate surface area is 150 Å². The van der Waals surface area contributed by atoms with E-state index < -0.39 is 0 Å². The maximum Gasteiger partial charge on any atom is 0.0433 e. The fourth-order valence-corrected chi connectivity index (χ4v) is 3.00. The lowest BCUT2D eigenvalue weighted by atomic mass is 10.0. The molecule has 3 aromatic carbocycles. The van der Waals surface area contributed by atoms with Gasteiger partial charge in [0.25, 0.3) is 0 Å². The van der Waals surface area contributed by atoms with Crippen molar-refractivity contribution in [1.82, 2.24) is 0 Å². The van der Waals surface area contributed by atoms with Crippen LogP contribution in [0.3, 0.4) is 0 Å². The maximum absolute atomic E-state index is 5.80. The summed E-state index contributed by atoms with van der Waals surface area (Å²) in [4.78, 5) is 2.42. The lowest BCUT2D eigenvalue weighted by Gasteiger charge is -2.26. The second-order valence-corrected chi connectivity index (χ2v) is 6.56. The van der Waals surface area contributed by atoms with E-state index in [2.05, 4.69) is 96.8 Å². The second-order valence-electron chi connectivity index (χ2n) is 6.56. The molecule has 0 saturated heterocycles. The molecule has 25 heavy (non-hydrogen) atoms. The van der Waals surface area contributed by atoms with Crippen molar-refractivity contribution in [3.05, 3.63) is 102 Å². The smallest absolute Gasteiger partial charge is 0.0433 e. The largest absolute Gasteiger partial charge is 0.363 e. The normalized spacial score (nSPS) is 11.9. The first-order valence-electron chi connectivity index (χ1n) is 8.89. The van der Waals surface area contributed by atoms with E-state index in [1.165, 1.54) is 22.4 Å². The van der Waals surface area contributed by atoms with Gasteiger partial charge in [0, 0.05) is 18.8 Å². The summed E-state index contributed by atoms with van der Waals surface area (Å²) in [5, 5.41) is 0. The quantitative estimate of drug-likeness (QED) is 0.664. The molecule has 0 aromatic heterocycles. The summed E-state index contributed by atoms with van der Waals surface area (Å²) in [6.45, 7) is 4.63. The molecule has 2 N–H and O–H groups in total. The summed E-state index contributed by atoms with van der Waals surface area (Å²) in [7, 11) is 0. The summed E-state index contributed by atoms with van der Waals surface area (Å²) in [6, 6.07) is 30.1. The maximum atomic E-state index is 5.80. The van der Waals surface area contributed by atoms with Crippen molar-refractivity contribution < 1.29 is 0 Å². The number of anilines is 1. The molecule has 0 fully saturated rings. The minimum absolute atomic E-state index is 0.394. The lowest BCUT2D eigenvalue weighted by molar-refractivity contribution is 0.770. The van der Waals surface area contributed by atoms with Crippen LogP contribution in [-0.2, 0) is 13.1 Å². The Morgan fingerprint density at radius 1 is 0.720 bits per heavy atom. The number of hydrogen-bond acceptors (Lipinski definition) is 2. The third kappa shape index (κ3) is 4.71. The second kappa shape index (κ2) is 8.50. The van der Waals surface area contributed by atoms with Gasteiger partial charge in [-0.15, -0.1) is 0 Å². The summed E-state index contributed by atoms with van der Waals surface area (Å²) in [5.74, 6) is 0.394. The summed E-state index contributed by atoms with van der Waals surface area (Å²) in [5.41, 5.74) is 11.0. The van der Waals surface area contributed by atoms with Gasteiger partial charge < -0.3 is 10.6 Å². The average molecular weight is 330 g/mol. The number of benzene rings is 3. The fourth-order valence-electron chi connectivity index (χ4n) is 3.00. The van der Waals surface area contributed by atoms with E-state index >= 15 is 0 Å². The van der Waals surface area contributed by atoms with Gasteiger partial charge in [-0.3, -0.25) is 0 Å². The standard InChI is InChI=1S/C23H26N2/c1-19(16-24)22-12-14-23(15-13-22)25(17-20-8-4-2-5-9-20)18-21-10-6-3-7-11-21/h2-15,19H,16-18,24H2,1H3. The molecule has 1 unspecified atom stereocenters. The molecule has 1 atom stereocenters. The van der Waals surface area contributed by atoms with Gasteiger partial charge in [-0.2, -0.15) is 0 Å². The van der Waals surface area contributed by atoms with E-state index in [1.54, 1.807) is 0 Å². The van der Waals surface area contributed by atoms with Crippen LogP contribution in [0.1, 0.15) is 29.5 Å². The monoisotopic (exact) mass is 330 g/mol. The zero-order valence-corrected chi connectivity index (χ0v) is 14.8. The topological polar surface area (TPSA) is 29.3 Å². The van der Waals surface area contributed by atoms with Gasteiger partial charge in [0.05, 0.1) is 0 Å². The SMILES string of the molecule is CC(CN)c1ccc(N(Cc2ccccc2)Cc2ccccc2)cc1. The number of nitrogens with zero attached hydrogens (tertiary/aromatic N) is 1. The van der Waals surface area contributed by atoms with Crippen molar-refractivity contribution in [2.45, 2.75) is 25.9 Å². The number of rotatable bonds is 7. The van der Waals surface area contributed by atoms with E-state index in [-0.39, 0.29) is 0 Å². The Hall–Kier alpha value is -2.58. The molecule has 2 heteroatoms. The molecule has 3 rings (SSSR count). The molecule has 0 amide bonds. The lowest BCUT2D eigenvalue weighted by Crippen LogP contribution is -2.22. The molecule has 2 nitrogen and oxygen atoms in total. The minimum Gasteiger partial charge on any atom is -0.363 e. The highest BCUT2D eigenvalue weighted by Crippen LogP contribution is 2.23. The molecule has 0 spiro atoms. The Morgan fingerprint density at radius 2 is 1.20 bits per heavy atom. The van der Waals surface area contributed by atoms with Crippen LogP contribution in [0.5, 0.6) is 0 Å². The van der Waals surface area contributed by atoms with Gasteiger partial charge in [-0.05, 0) is 41.3 Å². The Bertz CT molecular complexity index is 710. The third-order valence-electron chi connectivity index (χ3n) is 4.61. The zero-order chi connectivity index (χ0) is 17.5. The first-order valence-corrected chi connectivity index (χ1v) is 8.89. The Kier molecular flexibility index (Phi) is 5.86. The third-order valence-corrected chi connectivity index (χ3v) is 4.61. The molecule has 3 aromatic rings. The molecular weight excluding hydrogens is 304 g/mol. The van der Waals surface area contributed by atoms with Crippen LogP contribution in [-0.4, -0.2) is 6.54 Å². The predicted octanol–water partition coefficient (Wildman–Crippen LogP) is 4.96. The molecule has 0 heterocycles. The van der Waals surface area contributed by atoms with Gasteiger partial charge in [0.15, 0.2) is 0 Å². The Morgan fingerprint density at radius 3 is 1.64 bits per heavy atom. The van der Waals surface area contributed by atoms with Crippen LogP contribution in [0.4, 0.5) is 5.69 Å². The summed E-state index contributed by atoms with van der Waals surface area (Å²) in [6.07, 6.45) is 0. The first kappa shape index (κ1) is 17.2. The highest BCUT2D eigenvalue weighted by Gasteiger charge is 2.10. The van der Waals surface area contributed by atoms with E-state index in [9.17, 15) is 0 Å². The van der Waals surface area contributed by atoms with Crippen molar-refractivity contribution in [1.29, 1.82) is 0 Å². The van der Waals surface area contributed by atoms with Crippen LogP contribution in [0, 0.1) is 0 Å². The van der Waals surface area contributed by atoms with Gasteiger partial charge in [0.2, 0.25) is 0 Å². The zero-order valence-electron chi connectivity index (χ0n) is 14.8. The molecule has 0 aliphatic rings. The van der Waals surface area contributed by atoms with E-state index in [4.69, 9.17) is 5.73 Å². The molecule has 0 bridgehead atoms. The van der Waals surface area contributed by atoms with Crippen molar-refractivity contribution in [3.8, 4) is 0 Å². The number of nitrogens with two attached hydrogens (primary N) is 1. The molecule has 128 valence electrons. The molecule has 0 saturated carbocycles. The van der Waals surface area contributed by atoms with Crippen molar-refractivity contribution in [2.75, 3.05) is 11.4 Å². The average Bonchev–Trinajstić information content (AvgIpc) is 2.68. The molecule has 0 aliphatic heterocycles. The predicted molar refractivity (Wildman–Crippen MR) is 107 cm³/mol. The van der Waals surface area contributed by atoms with Crippen LogP contribution in [0.2, 0.25) is 0 Å². The van der Waals surface area contributed by atoms with Crippen LogP contribution >= 0.6 is 0 Å². The molecule has 0 aliphatic carbocycles. The van der Waals surface area contributed by atoms with Gasteiger partial charge in [0.1, 0.15) is 0 Å². The number of hydrogen-bond donors (Lipinski definition) is 1. The van der Waals surface area contributed by atoms with Gasteiger partial charge in [-0.25, -0.2) is 0 Å². The Balaban J connectivity index is 1.84. The van der Waals surface area contributed by atoms with Gasteiger partial charge >= 0.3 is 0 Å². The molecule has 0 radical (unpaired) electrons. The van der Waals surface area contributed by atoms with E-state index in [1.807, 2.05) is 0 Å². The van der Waals surface area contributed by atoms with Crippen LogP contribution in [0.25, 0.3) is 0 Å². The van der Waals surface area contributed by atoms with Crippen LogP contribution in [0.15, 0.2) is 84.9 Å². The highest BCUT2D eigenvalue weighted by molar-refractivity contribution is 5.49. The van der Waals surface area contributed by atoms with Crippen molar-refractivity contribution in [2.24, 2.45) is 5.73 Å². The van der Waals surface area contributed by atoms with Crippen LogP contribution < -0.4 is 10.6 Å². The van der Waals surface area contributed by atoms with E-state index in [0.717, 1.165) is 13.1 Å². The fraction of sp³-hybridized carbons (Fsp3) is 0.217. The minimum atomic E-state index is 0.394.